The molecule has 1 N–H and O–H groups in total. The van der Waals surface area contributed by atoms with Gasteiger partial charge >= 0.3 is 0 Å². The number of amides is 2. The van der Waals surface area contributed by atoms with Crippen LogP contribution in [0.1, 0.15) is 50.0 Å². The molecule has 2 amide bonds. The highest BCUT2D eigenvalue weighted by atomic mass is 16.5. The molecule has 0 heterocycles. The normalized spacial score (nSPS) is 12.1. The summed E-state index contributed by atoms with van der Waals surface area (Å²) < 4.78 is 5.38. The molecule has 23 heavy (non-hydrogen) atoms. The second-order valence-corrected chi connectivity index (χ2v) is 5.78. The van der Waals surface area contributed by atoms with Crippen LogP contribution in [0.15, 0.2) is 24.3 Å². The van der Waals surface area contributed by atoms with Gasteiger partial charge in [0.25, 0.3) is 5.91 Å². The molecule has 0 spiro atoms. The molecule has 0 aromatic heterocycles. The first-order valence-electron chi connectivity index (χ1n) is 8.16. The summed E-state index contributed by atoms with van der Waals surface area (Å²) in [6, 6.07) is 7.48. The van der Waals surface area contributed by atoms with Crippen molar-refractivity contribution in [2.75, 3.05) is 13.7 Å². The zero-order chi connectivity index (χ0) is 17.4. The average molecular weight is 320 g/mol. The maximum Gasteiger partial charge on any atom is 0.253 e. The molecule has 1 aromatic rings. The molecule has 1 aromatic carbocycles. The first-order chi connectivity index (χ1) is 10.9. The Bertz CT molecular complexity index is 512. The maximum atomic E-state index is 12.2. The summed E-state index contributed by atoms with van der Waals surface area (Å²) in [4.78, 5) is 25.9. The second-order valence-electron chi connectivity index (χ2n) is 5.78. The van der Waals surface area contributed by atoms with E-state index in [-0.39, 0.29) is 17.9 Å². The predicted octanol–water partition coefficient (Wildman–Crippen LogP) is 2.60. The van der Waals surface area contributed by atoms with Gasteiger partial charge in [0.15, 0.2) is 0 Å². The monoisotopic (exact) mass is 320 g/mol. The van der Waals surface area contributed by atoms with E-state index in [1.54, 1.807) is 24.1 Å². The van der Waals surface area contributed by atoms with Crippen LogP contribution in [-0.2, 0) is 16.1 Å². The molecule has 0 radical (unpaired) electrons. The molecule has 0 bridgehead atoms. The molecular formula is C18H28N2O3. The summed E-state index contributed by atoms with van der Waals surface area (Å²) in [5.41, 5.74) is 1.60. The Kier molecular flexibility index (Phi) is 7.75. The van der Waals surface area contributed by atoms with E-state index in [1.807, 2.05) is 39.8 Å². The van der Waals surface area contributed by atoms with Crippen molar-refractivity contribution in [3.8, 4) is 0 Å². The van der Waals surface area contributed by atoms with Gasteiger partial charge in [-0.25, -0.2) is 0 Å². The molecule has 0 saturated carbocycles. The fourth-order valence-corrected chi connectivity index (χ4v) is 2.09. The van der Waals surface area contributed by atoms with Crippen LogP contribution in [0.5, 0.6) is 0 Å². The van der Waals surface area contributed by atoms with Gasteiger partial charge in [-0.3, -0.25) is 9.59 Å². The van der Waals surface area contributed by atoms with E-state index >= 15 is 0 Å². The fraction of sp³-hybridized carbons (Fsp3) is 0.556. The SMILES string of the molecule is CCOC(CC)C(=O)NCc1ccc(C(=O)N(C)C(C)C)cc1. The van der Waals surface area contributed by atoms with Crippen LogP contribution in [0.4, 0.5) is 0 Å². The van der Waals surface area contributed by atoms with Crippen molar-refractivity contribution in [1.82, 2.24) is 10.2 Å². The Morgan fingerprint density at radius 2 is 1.78 bits per heavy atom. The number of carbonyl (C=O) groups excluding carboxylic acids is 2. The standard InChI is InChI=1S/C18H28N2O3/c1-6-16(23-7-2)17(21)19-12-14-8-10-15(11-9-14)18(22)20(5)13(3)4/h8-11,13,16H,6-7,12H2,1-5H3,(H,19,21). The van der Waals surface area contributed by atoms with E-state index in [2.05, 4.69) is 5.32 Å². The zero-order valence-electron chi connectivity index (χ0n) is 14.8. The summed E-state index contributed by atoms with van der Waals surface area (Å²) in [6.45, 7) is 8.70. The number of ether oxygens (including phenoxy) is 1. The maximum absolute atomic E-state index is 12.2. The average Bonchev–Trinajstić information content (AvgIpc) is 2.56. The van der Waals surface area contributed by atoms with Gasteiger partial charge in [-0.05, 0) is 44.9 Å². The third kappa shape index (κ3) is 5.67. The van der Waals surface area contributed by atoms with Gasteiger partial charge in [0, 0.05) is 31.8 Å². The summed E-state index contributed by atoms with van der Waals surface area (Å²) >= 11 is 0. The quantitative estimate of drug-likeness (QED) is 0.801. The van der Waals surface area contributed by atoms with Crippen LogP contribution < -0.4 is 5.32 Å². The Balaban J connectivity index is 2.61. The Morgan fingerprint density at radius 1 is 1.17 bits per heavy atom. The zero-order valence-corrected chi connectivity index (χ0v) is 14.8. The summed E-state index contributed by atoms with van der Waals surface area (Å²) in [7, 11) is 1.79. The number of hydrogen-bond acceptors (Lipinski definition) is 3. The van der Waals surface area contributed by atoms with Crippen LogP contribution >= 0.6 is 0 Å². The van der Waals surface area contributed by atoms with Crippen LogP contribution in [0, 0.1) is 0 Å². The van der Waals surface area contributed by atoms with Crippen LogP contribution in [0.3, 0.4) is 0 Å². The van der Waals surface area contributed by atoms with Gasteiger partial charge in [-0.15, -0.1) is 0 Å². The lowest BCUT2D eigenvalue weighted by molar-refractivity contribution is -0.132. The van der Waals surface area contributed by atoms with Crippen molar-refractivity contribution in [3.05, 3.63) is 35.4 Å². The van der Waals surface area contributed by atoms with E-state index in [0.717, 1.165) is 5.56 Å². The van der Waals surface area contributed by atoms with E-state index in [1.165, 1.54) is 0 Å². The molecule has 0 aliphatic rings. The third-order valence-electron chi connectivity index (χ3n) is 3.79. The van der Waals surface area contributed by atoms with Gasteiger partial charge in [0.2, 0.25) is 5.91 Å². The van der Waals surface area contributed by atoms with Crippen molar-refractivity contribution < 1.29 is 14.3 Å². The van der Waals surface area contributed by atoms with Crippen molar-refractivity contribution >= 4 is 11.8 Å². The van der Waals surface area contributed by atoms with Crippen LogP contribution in [0.25, 0.3) is 0 Å². The van der Waals surface area contributed by atoms with E-state index in [9.17, 15) is 9.59 Å². The first-order valence-corrected chi connectivity index (χ1v) is 8.16. The summed E-state index contributed by atoms with van der Waals surface area (Å²) in [5.74, 6) is -0.105. The van der Waals surface area contributed by atoms with Gasteiger partial charge < -0.3 is 15.0 Å². The number of rotatable bonds is 8. The smallest absolute Gasteiger partial charge is 0.253 e. The lowest BCUT2D eigenvalue weighted by atomic mass is 10.1. The molecule has 0 fully saturated rings. The Hall–Kier alpha value is -1.88. The second kappa shape index (κ2) is 9.30. The number of hydrogen-bond donors (Lipinski definition) is 1. The molecule has 0 aliphatic carbocycles. The highest BCUT2D eigenvalue weighted by Gasteiger charge is 2.16. The minimum absolute atomic E-state index is 0.00187. The lowest BCUT2D eigenvalue weighted by Gasteiger charge is -2.21. The predicted molar refractivity (Wildman–Crippen MR) is 91.2 cm³/mol. The van der Waals surface area contributed by atoms with Gasteiger partial charge in [0.1, 0.15) is 6.10 Å². The molecule has 5 nitrogen and oxygen atoms in total. The lowest BCUT2D eigenvalue weighted by Crippen LogP contribution is -2.35. The van der Waals surface area contributed by atoms with Gasteiger partial charge in [0.05, 0.1) is 0 Å². The third-order valence-corrected chi connectivity index (χ3v) is 3.79. The van der Waals surface area contributed by atoms with Crippen molar-refractivity contribution in [3.63, 3.8) is 0 Å². The number of benzene rings is 1. The number of nitrogens with one attached hydrogen (secondary N) is 1. The first kappa shape index (κ1) is 19.2. The Morgan fingerprint density at radius 3 is 2.26 bits per heavy atom. The largest absolute Gasteiger partial charge is 0.369 e. The molecule has 0 aliphatic heterocycles. The topological polar surface area (TPSA) is 58.6 Å². The fourth-order valence-electron chi connectivity index (χ4n) is 2.09. The van der Waals surface area contributed by atoms with Crippen molar-refractivity contribution in [2.45, 2.75) is 52.8 Å². The van der Waals surface area contributed by atoms with E-state index < -0.39 is 6.10 Å². The van der Waals surface area contributed by atoms with Crippen LogP contribution in [-0.4, -0.2) is 42.5 Å². The molecule has 5 heteroatoms. The number of carbonyl (C=O) groups is 2. The molecule has 1 unspecified atom stereocenters. The minimum atomic E-state index is -0.402. The molecule has 128 valence electrons. The van der Waals surface area contributed by atoms with E-state index in [0.29, 0.717) is 25.1 Å². The molecule has 1 rings (SSSR count). The highest BCUT2D eigenvalue weighted by molar-refractivity contribution is 5.94. The minimum Gasteiger partial charge on any atom is -0.369 e. The Labute approximate surface area is 139 Å². The van der Waals surface area contributed by atoms with Crippen molar-refractivity contribution in [1.29, 1.82) is 0 Å². The van der Waals surface area contributed by atoms with Crippen LogP contribution in [0.2, 0.25) is 0 Å². The number of nitrogens with zero attached hydrogens (tertiary/aromatic N) is 1. The van der Waals surface area contributed by atoms with Gasteiger partial charge in [-0.1, -0.05) is 19.1 Å². The summed E-state index contributed by atoms with van der Waals surface area (Å²) in [5, 5.41) is 2.87. The van der Waals surface area contributed by atoms with Crippen molar-refractivity contribution in [2.24, 2.45) is 0 Å². The highest BCUT2D eigenvalue weighted by Crippen LogP contribution is 2.09. The molecular weight excluding hydrogens is 292 g/mol. The van der Waals surface area contributed by atoms with E-state index in [4.69, 9.17) is 4.74 Å². The molecule has 0 saturated heterocycles. The summed E-state index contributed by atoms with van der Waals surface area (Å²) in [6.07, 6.45) is 0.245. The molecule has 1 atom stereocenters. The van der Waals surface area contributed by atoms with Gasteiger partial charge in [-0.2, -0.15) is 0 Å².